The van der Waals surface area contributed by atoms with Crippen LogP contribution < -0.4 is 4.74 Å². The maximum atomic E-state index is 14.6. The van der Waals surface area contributed by atoms with Crippen LogP contribution in [0.2, 0.25) is 0 Å². The number of amides is 1. The Hall–Kier alpha value is -2.85. The number of hydrogen-bond acceptors (Lipinski definition) is 3. The molecule has 176 valence electrons. The second kappa shape index (κ2) is 8.42. The Morgan fingerprint density at radius 3 is 2.68 bits per heavy atom. The van der Waals surface area contributed by atoms with Crippen LogP contribution in [0.3, 0.4) is 0 Å². The van der Waals surface area contributed by atoms with Crippen LogP contribution in [0.4, 0.5) is 17.6 Å². The normalized spacial score (nSPS) is 16.1. The van der Waals surface area contributed by atoms with Crippen LogP contribution in [0.15, 0.2) is 52.3 Å². The van der Waals surface area contributed by atoms with Crippen molar-refractivity contribution in [3.05, 3.63) is 85.4 Å². The predicted molar refractivity (Wildman–Crippen MR) is 125 cm³/mol. The van der Waals surface area contributed by atoms with Crippen molar-refractivity contribution in [3.63, 3.8) is 0 Å². The number of methoxy groups -OCH3 is 1. The number of aromatic nitrogens is 1. The molecule has 0 fully saturated rings. The Kier molecular flexibility index (Phi) is 5.68. The molecule has 34 heavy (non-hydrogen) atoms. The molecule has 0 radical (unpaired) electrons. The topological polar surface area (TPSA) is 45.3 Å². The third-order valence-corrected chi connectivity index (χ3v) is 7.72. The zero-order chi connectivity index (χ0) is 24.2. The van der Waals surface area contributed by atoms with Gasteiger partial charge in [0.2, 0.25) is 0 Å². The second-order valence-electron chi connectivity index (χ2n) is 7.94. The van der Waals surface area contributed by atoms with E-state index >= 15 is 0 Å². The van der Waals surface area contributed by atoms with E-state index in [4.69, 9.17) is 4.74 Å². The number of nitrogens with zero attached hydrogens (tertiary/aromatic N) is 1. The lowest BCUT2D eigenvalue weighted by molar-refractivity contribution is -0.137. The molecule has 3 heterocycles. The third kappa shape index (κ3) is 3.88. The minimum atomic E-state index is -4.69. The lowest BCUT2D eigenvalue weighted by atomic mass is 9.95. The minimum absolute atomic E-state index is 0.214. The summed E-state index contributed by atoms with van der Waals surface area (Å²) in [5.41, 5.74) is 0.937. The molecule has 2 aromatic carbocycles. The highest BCUT2D eigenvalue weighted by atomic mass is 79.9. The Labute approximate surface area is 204 Å². The Balaban J connectivity index is 1.65. The molecule has 0 saturated heterocycles. The van der Waals surface area contributed by atoms with Gasteiger partial charge in [0.15, 0.2) is 0 Å². The molecule has 1 amide bonds. The number of alkyl halides is 3. The summed E-state index contributed by atoms with van der Waals surface area (Å²) in [7, 11) is 1.58. The molecule has 5 rings (SSSR count). The number of carbonyl (C=O) groups excluding carboxylic acids is 1. The summed E-state index contributed by atoms with van der Waals surface area (Å²) in [4.78, 5) is 19.1. The fraction of sp³-hybridized carbons (Fsp3) is 0.208. The number of hydrogen-bond donors (Lipinski definition) is 1. The van der Waals surface area contributed by atoms with Crippen LogP contribution in [-0.2, 0) is 12.6 Å². The van der Waals surface area contributed by atoms with E-state index in [0.29, 0.717) is 30.4 Å². The highest BCUT2D eigenvalue weighted by Gasteiger charge is 2.38. The molecule has 1 unspecified atom stereocenters. The Morgan fingerprint density at radius 1 is 1.21 bits per heavy atom. The van der Waals surface area contributed by atoms with Gasteiger partial charge >= 0.3 is 6.18 Å². The molecule has 2 aromatic heterocycles. The fourth-order valence-electron chi connectivity index (χ4n) is 4.40. The number of aromatic amines is 1. The van der Waals surface area contributed by atoms with Gasteiger partial charge < -0.3 is 14.6 Å². The average molecular weight is 553 g/mol. The van der Waals surface area contributed by atoms with E-state index in [0.717, 1.165) is 31.5 Å². The standard InChI is InChI=1S/C24H17BrF4N2O2S/c1-33-14-3-5-19-16(10-14)15-6-7-31(22(21(15)30-19)20-9-13(25)11-34-20)23(32)17-8-12(24(27,28)29)2-4-18(17)26/h2-5,8-11,22,30H,6-7H2,1H3. The van der Waals surface area contributed by atoms with Gasteiger partial charge in [0.05, 0.1) is 18.2 Å². The molecule has 10 heteroatoms. The summed E-state index contributed by atoms with van der Waals surface area (Å²) in [6.45, 7) is 0.214. The average Bonchev–Trinajstić information content (AvgIpc) is 3.40. The Morgan fingerprint density at radius 2 is 2.00 bits per heavy atom. The number of benzene rings is 2. The van der Waals surface area contributed by atoms with E-state index in [1.165, 1.54) is 16.2 Å². The number of halogens is 5. The number of fused-ring (bicyclic) bond motifs is 3. The van der Waals surface area contributed by atoms with Gasteiger partial charge in [-0.15, -0.1) is 11.3 Å². The van der Waals surface area contributed by atoms with E-state index < -0.39 is 35.1 Å². The summed E-state index contributed by atoms with van der Waals surface area (Å²) in [5.74, 6) is -1.09. The van der Waals surface area contributed by atoms with Crippen molar-refractivity contribution in [1.82, 2.24) is 9.88 Å². The van der Waals surface area contributed by atoms with Crippen LogP contribution in [0.25, 0.3) is 10.9 Å². The molecular weight excluding hydrogens is 536 g/mol. The maximum absolute atomic E-state index is 14.6. The van der Waals surface area contributed by atoms with Crippen LogP contribution in [0.5, 0.6) is 5.75 Å². The van der Waals surface area contributed by atoms with Gasteiger partial charge in [-0.25, -0.2) is 4.39 Å². The number of H-pyrrole nitrogens is 1. The number of nitrogens with one attached hydrogen (secondary N) is 1. The molecule has 1 atom stereocenters. The van der Waals surface area contributed by atoms with Crippen molar-refractivity contribution in [2.75, 3.05) is 13.7 Å². The van der Waals surface area contributed by atoms with Crippen LogP contribution in [0, 0.1) is 5.82 Å². The molecule has 1 aliphatic rings. The van der Waals surface area contributed by atoms with Crippen molar-refractivity contribution >= 4 is 44.1 Å². The molecule has 0 bridgehead atoms. The van der Waals surface area contributed by atoms with Gasteiger partial charge in [-0.3, -0.25) is 4.79 Å². The first-order valence-corrected chi connectivity index (χ1v) is 11.9. The fourth-order valence-corrected chi connectivity index (χ4v) is 5.97. The lowest BCUT2D eigenvalue weighted by Gasteiger charge is -2.35. The van der Waals surface area contributed by atoms with Gasteiger partial charge in [-0.2, -0.15) is 13.2 Å². The third-order valence-electron chi connectivity index (χ3n) is 5.98. The first kappa shape index (κ1) is 22.9. The SMILES string of the molecule is COc1ccc2[nH]c3c(c2c1)CCN(C(=O)c1cc(C(F)(F)F)ccc1F)C3c1cc(Br)cs1. The highest BCUT2D eigenvalue weighted by molar-refractivity contribution is 9.10. The molecule has 0 spiro atoms. The van der Waals surface area contributed by atoms with Crippen molar-refractivity contribution in [1.29, 1.82) is 0 Å². The zero-order valence-electron chi connectivity index (χ0n) is 17.7. The Bertz CT molecular complexity index is 1410. The quantitative estimate of drug-likeness (QED) is 0.279. The van der Waals surface area contributed by atoms with Gasteiger partial charge in [0.1, 0.15) is 17.6 Å². The summed E-state index contributed by atoms with van der Waals surface area (Å²) in [6.07, 6.45) is -4.23. The van der Waals surface area contributed by atoms with E-state index in [-0.39, 0.29) is 6.54 Å². The van der Waals surface area contributed by atoms with Crippen molar-refractivity contribution in [2.45, 2.75) is 18.6 Å². The van der Waals surface area contributed by atoms with Crippen LogP contribution in [-0.4, -0.2) is 29.4 Å². The monoisotopic (exact) mass is 552 g/mol. The highest BCUT2D eigenvalue weighted by Crippen LogP contribution is 2.43. The van der Waals surface area contributed by atoms with Gasteiger partial charge in [0, 0.05) is 37.9 Å². The van der Waals surface area contributed by atoms with E-state index in [2.05, 4.69) is 20.9 Å². The lowest BCUT2D eigenvalue weighted by Crippen LogP contribution is -2.40. The first-order chi connectivity index (χ1) is 16.2. The number of ether oxygens (including phenoxy) is 1. The van der Waals surface area contributed by atoms with Gasteiger partial charge in [-0.05, 0) is 70.4 Å². The molecule has 4 aromatic rings. The smallest absolute Gasteiger partial charge is 0.416 e. The number of thiophene rings is 1. The molecule has 1 aliphatic heterocycles. The van der Waals surface area contributed by atoms with Crippen molar-refractivity contribution < 1.29 is 27.1 Å². The molecule has 4 nitrogen and oxygen atoms in total. The predicted octanol–water partition coefficient (Wildman–Crippen LogP) is 6.95. The number of carbonyl (C=O) groups is 1. The first-order valence-electron chi connectivity index (χ1n) is 10.3. The van der Waals surface area contributed by atoms with Gasteiger partial charge in [0.25, 0.3) is 5.91 Å². The maximum Gasteiger partial charge on any atom is 0.416 e. The molecular formula is C24H17BrF4N2O2S. The second-order valence-corrected chi connectivity index (χ2v) is 9.80. The van der Waals surface area contributed by atoms with Crippen LogP contribution in [0.1, 0.15) is 38.1 Å². The summed E-state index contributed by atoms with van der Waals surface area (Å²) < 4.78 is 60.5. The largest absolute Gasteiger partial charge is 0.497 e. The molecule has 0 saturated carbocycles. The van der Waals surface area contributed by atoms with Crippen LogP contribution >= 0.6 is 27.3 Å². The summed E-state index contributed by atoms with van der Waals surface area (Å²) in [6, 6.07) is 8.78. The zero-order valence-corrected chi connectivity index (χ0v) is 20.1. The van der Waals surface area contributed by atoms with Crippen molar-refractivity contribution in [2.24, 2.45) is 0 Å². The number of rotatable bonds is 3. The molecule has 1 N–H and O–H groups in total. The van der Waals surface area contributed by atoms with E-state index in [9.17, 15) is 22.4 Å². The summed E-state index contributed by atoms with van der Waals surface area (Å²) in [5, 5.41) is 2.82. The van der Waals surface area contributed by atoms with E-state index in [1.807, 2.05) is 29.6 Å². The van der Waals surface area contributed by atoms with Gasteiger partial charge in [-0.1, -0.05) is 0 Å². The minimum Gasteiger partial charge on any atom is -0.497 e. The molecule has 0 aliphatic carbocycles. The summed E-state index contributed by atoms with van der Waals surface area (Å²) >= 11 is 4.84. The van der Waals surface area contributed by atoms with E-state index in [1.54, 1.807) is 7.11 Å². The van der Waals surface area contributed by atoms with Crippen molar-refractivity contribution in [3.8, 4) is 5.75 Å².